The molecule has 1 unspecified atom stereocenters. The molecular formula is C21H24N8O6S2. The van der Waals surface area contributed by atoms with Crippen molar-refractivity contribution in [3.63, 3.8) is 0 Å². The monoisotopic (exact) mass is 548 g/mol. The van der Waals surface area contributed by atoms with Gasteiger partial charge in [0, 0.05) is 23.4 Å². The number of nitrogen functional groups attached to an aromatic ring is 1. The molecule has 196 valence electrons. The number of nitrogens with zero attached hydrogens (tertiary/aromatic N) is 3. The van der Waals surface area contributed by atoms with Crippen LogP contribution < -0.4 is 27.4 Å². The number of urea groups is 2. The summed E-state index contributed by atoms with van der Waals surface area (Å²) in [6.45, 7) is 3.75. The molecule has 1 aromatic heterocycles. The number of nitrogens with two attached hydrogens (primary N) is 2. The van der Waals surface area contributed by atoms with Gasteiger partial charge in [-0.1, -0.05) is 17.4 Å². The number of aliphatic carboxylic acids is 1. The predicted octanol–water partition coefficient (Wildman–Crippen LogP) is -0.643. The number of hydrogen-bond acceptors (Lipinski definition) is 10. The Kier molecular flexibility index (Phi) is 5.72. The van der Waals surface area contributed by atoms with Gasteiger partial charge in [-0.15, -0.1) is 11.8 Å². The summed E-state index contributed by atoms with van der Waals surface area (Å²) in [5, 5.41) is 16.8. The molecule has 0 bridgehead atoms. The molecule has 0 radical (unpaired) electrons. The molecule has 4 heterocycles. The number of anilines is 1. The number of thioether (sulfide) groups is 1. The first-order valence-electron chi connectivity index (χ1n) is 11.2. The molecule has 0 aliphatic carbocycles. The van der Waals surface area contributed by atoms with E-state index < -0.39 is 57.7 Å². The molecule has 3 saturated heterocycles. The number of carbonyl (C=O) groups is 5. The Bertz CT molecular complexity index is 1360. The van der Waals surface area contributed by atoms with Crippen molar-refractivity contribution in [1.29, 1.82) is 0 Å². The number of benzene rings is 1. The number of hydrogen-bond donors (Lipinski definition) is 6. The van der Waals surface area contributed by atoms with Crippen molar-refractivity contribution in [2.45, 2.75) is 41.7 Å². The maximum absolute atomic E-state index is 13.6. The molecule has 3 aliphatic rings. The van der Waals surface area contributed by atoms with Crippen LogP contribution in [0.15, 0.2) is 18.2 Å². The number of aromatic nitrogens is 1. The molecule has 8 N–H and O–H groups in total. The maximum Gasteiger partial charge on any atom is 0.327 e. The summed E-state index contributed by atoms with van der Waals surface area (Å²) in [5.41, 5.74) is 10.9. The van der Waals surface area contributed by atoms with Crippen LogP contribution in [0.25, 0.3) is 10.2 Å². The van der Waals surface area contributed by atoms with Crippen LogP contribution in [0, 0.1) is 0 Å². The van der Waals surface area contributed by atoms with Crippen molar-refractivity contribution in [1.82, 2.24) is 30.7 Å². The highest BCUT2D eigenvalue weighted by Gasteiger charge is 2.64. The number of imide groups is 1. The number of carboxylic acids is 1. The zero-order valence-corrected chi connectivity index (χ0v) is 21.3. The smallest absolute Gasteiger partial charge is 0.327 e. The van der Waals surface area contributed by atoms with Gasteiger partial charge in [0.25, 0.3) is 5.91 Å². The summed E-state index contributed by atoms with van der Waals surface area (Å²) < 4.78 is -0.186. The normalized spacial score (nSPS) is 25.8. The van der Waals surface area contributed by atoms with Crippen LogP contribution in [0.3, 0.4) is 0 Å². The molecule has 0 spiro atoms. The molecule has 3 fully saturated rings. The molecule has 37 heavy (non-hydrogen) atoms. The number of β-lactam (4-membered cyclic amide) rings is 1. The summed E-state index contributed by atoms with van der Waals surface area (Å²) in [6, 6.07) is 0.978. The van der Waals surface area contributed by atoms with E-state index >= 15 is 0 Å². The molecule has 2 aromatic rings. The van der Waals surface area contributed by atoms with Crippen molar-refractivity contribution >= 4 is 68.3 Å². The molecule has 0 saturated carbocycles. The van der Waals surface area contributed by atoms with Crippen molar-refractivity contribution < 1.29 is 29.1 Å². The minimum Gasteiger partial charge on any atom is -0.480 e. The molecule has 16 heteroatoms. The number of rotatable bonds is 5. The predicted molar refractivity (Wildman–Crippen MR) is 134 cm³/mol. The number of amides is 6. The Hall–Kier alpha value is -3.63. The minimum atomic E-state index is -2.20. The molecular weight excluding hydrogens is 524 g/mol. The van der Waals surface area contributed by atoms with Gasteiger partial charge in [0.05, 0.1) is 10.2 Å². The third-order valence-corrected chi connectivity index (χ3v) is 9.00. The topological polar surface area (TPSA) is 213 Å². The van der Waals surface area contributed by atoms with Crippen molar-refractivity contribution in [3.05, 3.63) is 23.8 Å². The van der Waals surface area contributed by atoms with E-state index in [0.29, 0.717) is 15.3 Å². The fraction of sp³-hybridized carbons (Fsp3) is 0.429. The van der Waals surface area contributed by atoms with Crippen LogP contribution in [-0.4, -0.2) is 85.0 Å². The van der Waals surface area contributed by atoms with Gasteiger partial charge in [-0.25, -0.2) is 24.3 Å². The van der Waals surface area contributed by atoms with E-state index in [9.17, 15) is 29.1 Å². The van der Waals surface area contributed by atoms with Crippen LogP contribution in [0.2, 0.25) is 0 Å². The molecule has 4 atom stereocenters. The lowest BCUT2D eigenvalue weighted by Crippen LogP contribution is -2.74. The summed E-state index contributed by atoms with van der Waals surface area (Å²) >= 11 is 2.41. The van der Waals surface area contributed by atoms with Crippen molar-refractivity contribution in [2.24, 2.45) is 5.73 Å². The van der Waals surface area contributed by atoms with Gasteiger partial charge in [-0.2, -0.15) is 0 Å². The maximum atomic E-state index is 13.6. The molecule has 5 rings (SSSR count). The van der Waals surface area contributed by atoms with Crippen LogP contribution in [0.4, 0.5) is 14.7 Å². The number of nitrogens with one attached hydrogen (secondary N) is 3. The summed E-state index contributed by atoms with van der Waals surface area (Å²) in [6.07, 6.45) is 0. The van der Waals surface area contributed by atoms with E-state index in [1.165, 1.54) is 22.7 Å². The van der Waals surface area contributed by atoms with E-state index in [1.807, 2.05) is 0 Å². The molecule has 1 aromatic carbocycles. The second-order valence-corrected chi connectivity index (χ2v) is 12.2. The average molecular weight is 549 g/mol. The second-order valence-electron chi connectivity index (χ2n) is 9.41. The van der Waals surface area contributed by atoms with E-state index in [-0.39, 0.29) is 18.7 Å². The third-order valence-electron chi connectivity index (χ3n) is 6.59. The zero-order chi connectivity index (χ0) is 26.9. The Morgan fingerprint density at radius 1 is 1.30 bits per heavy atom. The highest BCUT2D eigenvalue weighted by molar-refractivity contribution is 8.01. The quantitative estimate of drug-likeness (QED) is 0.205. The lowest BCUT2D eigenvalue weighted by Gasteiger charge is -2.44. The summed E-state index contributed by atoms with van der Waals surface area (Å²) in [7, 11) is 0. The van der Waals surface area contributed by atoms with Gasteiger partial charge in [-0.3, -0.25) is 15.3 Å². The number of fused-ring (bicyclic) bond motifs is 2. The molecule has 6 amide bonds. The Balaban J connectivity index is 1.45. The first-order chi connectivity index (χ1) is 17.3. The lowest BCUT2D eigenvalue weighted by molar-refractivity contribution is -0.161. The number of thiazole rings is 1. The van der Waals surface area contributed by atoms with E-state index in [4.69, 9.17) is 11.5 Å². The molecule has 14 nitrogen and oxygen atoms in total. The lowest BCUT2D eigenvalue weighted by atomic mass is 9.94. The van der Waals surface area contributed by atoms with Crippen molar-refractivity contribution in [3.8, 4) is 0 Å². The van der Waals surface area contributed by atoms with Gasteiger partial charge in [0.15, 0.2) is 10.8 Å². The van der Waals surface area contributed by atoms with Crippen LogP contribution >= 0.6 is 23.1 Å². The summed E-state index contributed by atoms with van der Waals surface area (Å²) in [4.78, 5) is 69.6. The van der Waals surface area contributed by atoms with Crippen LogP contribution in [-0.2, 0) is 20.0 Å². The fourth-order valence-electron chi connectivity index (χ4n) is 4.75. The van der Waals surface area contributed by atoms with E-state index in [0.717, 1.165) is 16.2 Å². The number of carboxylic acid groups (broad SMARTS) is 1. The number of carbonyl (C=O) groups excluding carboxylic acids is 4. The SMILES string of the molecule is CC1(C)S[C@@H]2[C@H](NC(=O)C(N)(NC(=O)N3CCNC3=O)c3ccc4nc(N)sc4c3)C(=O)N2[C@H]1C(=O)O. The van der Waals surface area contributed by atoms with Gasteiger partial charge >= 0.3 is 18.0 Å². The molecule has 3 aliphatic heterocycles. The van der Waals surface area contributed by atoms with Gasteiger partial charge in [0.1, 0.15) is 17.5 Å². The van der Waals surface area contributed by atoms with Gasteiger partial charge in [0.2, 0.25) is 5.91 Å². The first-order valence-corrected chi connectivity index (χ1v) is 12.9. The largest absolute Gasteiger partial charge is 0.480 e. The third kappa shape index (κ3) is 3.91. The van der Waals surface area contributed by atoms with Crippen molar-refractivity contribution in [2.75, 3.05) is 18.8 Å². The highest BCUT2D eigenvalue weighted by Crippen LogP contribution is 2.50. The highest BCUT2D eigenvalue weighted by atomic mass is 32.2. The van der Waals surface area contributed by atoms with Crippen LogP contribution in [0.1, 0.15) is 19.4 Å². The van der Waals surface area contributed by atoms with Crippen LogP contribution in [0.5, 0.6) is 0 Å². The van der Waals surface area contributed by atoms with E-state index in [1.54, 1.807) is 26.0 Å². The second kappa shape index (κ2) is 8.46. The average Bonchev–Trinajstić information content (AvgIpc) is 3.49. The van der Waals surface area contributed by atoms with Gasteiger partial charge in [-0.05, 0) is 26.0 Å². The Labute approximate surface area is 218 Å². The Morgan fingerprint density at radius 3 is 2.68 bits per heavy atom. The standard InChI is InChI=1S/C21H24N8O6S2/c1-20(2)12(15(31)32)29-13(30)11(14(29)37-20)26-16(33)21(23,27-19(35)28-6-5-24-18(28)34)8-3-4-9-10(7-8)36-17(22)25-9/h3-4,7,11-12,14H,5-6,23H2,1-2H3,(H2,22,25)(H,24,34)(H,26,33)(H,27,35)(H,31,32)/t11-,12+,14-,21?/m1/s1. The first kappa shape index (κ1) is 25.0. The minimum absolute atomic E-state index is 0.0766. The summed E-state index contributed by atoms with van der Waals surface area (Å²) in [5.74, 6) is -2.62. The van der Waals surface area contributed by atoms with E-state index in [2.05, 4.69) is 20.9 Å². The van der Waals surface area contributed by atoms with Gasteiger partial charge < -0.3 is 31.7 Å². The Morgan fingerprint density at radius 2 is 2.03 bits per heavy atom. The fourth-order valence-corrected chi connectivity index (χ4v) is 7.15. The zero-order valence-electron chi connectivity index (χ0n) is 19.7.